The van der Waals surface area contributed by atoms with E-state index in [1.165, 1.54) is 30.4 Å². The van der Waals surface area contributed by atoms with Crippen LogP contribution in [0.1, 0.15) is 57.6 Å². The third-order valence-corrected chi connectivity index (χ3v) is 5.41. The number of hydrogen-bond donors (Lipinski definition) is 0. The first-order chi connectivity index (χ1) is 14.7. The number of benzene rings is 2. The fourth-order valence-corrected chi connectivity index (χ4v) is 3.80. The Labute approximate surface area is 180 Å². The van der Waals surface area contributed by atoms with Gasteiger partial charge >= 0.3 is 0 Å². The van der Waals surface area contributed by atoms with E-state index in [-0.39, 0.29) is 0 Å². The molecule has 0 unspecified atom stereocenters. The quantitative estimate of drug-likeness (QED) is 0.364. The van der Waals surface area contributed by atoms with Gasteiger partial charge in [0.15, 0.2) is 5.69 Å². The van der Waals surface area contributed by atoms with Crippen LogP contribution in [0.5, 0.6) is 11.6 Å². The molecule has 0 amide bonds. The third kappa shape index (κ3) is 4.66. The predicted octanol–water partition coefficient (Wildman–Crippen LogP) is 6.03. The zero-order chi connectivity index (χ0) is 21.3. The molecule has 0 N–H and O–H groups in total. The van der Waals surface area contributed by atoms with Crippen LogP contribution in [0.15, 0.2) is 42.5 Å². The van der Waals surface area contributed by atoms with Crippen LogP contribution < -0.4 is 9.47 Å². The molecule has 3 rings (SSSR count). The van der Waals surface area contributed by atoms with E-state index in [0.29, 0.717) is 12.5 Å². The summed E-state index contributed by atoms with van der Waals surface area (Å²) in [7, 11) is 1.66. The SMILES string of the molecule is CCCCCCOc1c(-n2nnc(-c3ccccc3)c2OC)ccc(CC)c1CC. The smallest absolute Gasteiger partial charge is 0.245 e. The van der Waals surface area contributed by atoms with Crippen LogP contribution >= 0.6 is 0 Å². The highest BCUT2D eigenvalue weighted by Gasteiger charge is 2.22. The van der Waals surface area contributed by atoms with Crippen molar-refractivity contribution in [1.29, 1.82) is 0 Å². The standard InChI is InChI=1S/C25H33N3O2/c1-5-8-9-13-18-30-24-21(7-3)19(6-2)16-17-22(24)28-25(29-4)23(26-27-28)20-14-11-10-12-15-20/h10-12,14-17H,5-9,13,18H2,1-4H3. The molecule has 0 spiro atoms. The summed E-state index contributed by atoms with van der Waals surface area (Å²) in [6.07, 6.45) is 6.57. The Hall–Kier alpha value is -2.82. The van der Waals surface area contributed by atoms with E-state index in [9.17, 15) is 0 Å². The van der Waals surface area contributed by atoms with Gasteiger partial charge in [-0.1, -0.05) is 81.6 Å². The summed E-state index contributed by atoms with van der Waals surface area (Å²) in [5.74, 6) is 1.51. The summed E-state index contributed by atoms with van der Waals surface area (Å²) in [6, 6.07) is 14.2. The average Bonchev–Trinajstić information content (AvgIpc) is 3.22. The van der Waals surface area contributed by atoms with Gasteiger partial charge in [-0.3, -0.25) is 0 Å². The zero-order valence-corrected chi connectivity index (χ0v) is 18.6. The molecule has 0 saturated heterocycles. The first kappa shape index (κ1) is 21.9. The van der Waals surface area contributed by atoms with Crippen molar-refractivity contribution in [2.24, 2.45) is 0 Å². The fourth-order valence-electron chi connectivity index (χ4n) is 3.80. The van der Waals surface area contributed by atoms with Gasteiger partial charge in [0.1, 0.15) is 11.4 Å². The molecule has 2 aromatic carbocycles. The maximum atomic E-state index is 6.37. The minimum absolute atomic E-state index is 0.614. The van der Waals surface area contributed by atoms with Crippen molar-refractivity contribution < 1.29 is 9.47 Å². The summed E-state index contributed by atoms with van der Waals surface area (Å²) in [5.41, 5.74) is 5.13. The molecule has 0 aliphatic carbocycles. The Morgan fingerprint density at radius 2 is 1.70 bits per heavy atom. The van der Waals surface area contributed by atoms with E-state index >= 15 is 0 Å². The lowest BCUT2D eigenvalue weighted by atomic mass is 10.0. The molecule has 0 aliphatic rings. The van der Waals surface area contributed by atoms with Gasteiger partial charge in [-0.15, -0.1) is 5.10 Å². The Morgan fingerprint density at radius 3 is 2.37 bits per heavy atom. The first-order valence-electron chi connectivity index (χ1n) is 11.1. The molecule has 30 heavy (non-hydrogen) atoms. The third-order valence-electron chi connectivity index (χ3n) is 5.41. The topological polar surface area (TPSA) is 49.2 Å². The van der Waals surface area contributed by atoms with Crippen molar-refractivity contribution in [2.75, 3.05) is 13.7 Å². The van der Waals surface area contributed by atoms with Crippen LogP contribution in [0.4, 0.5) is 0 Å². The second kappa shape index (κ2) is 10.8. The highest BCUT2D eigenvalue weighted by Crippen LogP contribution is 2.36. The van der Waals surface area contributed by atoms with E-state index in [0.717, 1.165) is 42.0 Å². The Kier molecular flexibility index (Phi) is 7.89. The van der Waals surface area contributed by atoms with E-state index in [2.05, 4.69) is 43.2 Å². The summed E-state index contributed by atoms with van der Waals surface area (Å²) < 4.78 is 13.9. The van der Waals surface area contributed by atoms with Crippen LogP contribution in [0.25, 0.3) is 16.9 Å². The van der Waals surface area contributed by atoms with Crippen LogP contribution in [0.2, 0.25) is 0 Å². The molecule has 0 fully saturated rings. The number of hydrogen-bond acceptors (Lipinski definition) is 4. The predicted molar refractivity (Wildman–Crippen MR) is 122 cm³/mol. The van der Waals surface area contributed by atoms with Crippen LogP contribution in [-0.4, -0.2) is 28.7 Å². The largest absolute Gasteiger partial charge is 0.491 e. The average molecular weight is 408 g/mol. The number of ether oxygens (including phenoxy) is 2. The maximum absolute atomic E-state index is 6.37. The first-order valence-corrected chi connectivity index (χ1v) is 11.1. The second-order valence-corrected chi connectivity index (χ2v) is 7.39. The normalized spacial score (nSPS) is 10.9. The summed E-state index contributed by atoms with van der Waals surface area (Å²) in [5, 5.41) is 8.87. The molecule has 0 saturated carbocycles. The van der Waals surface area contributed by atoms with Crippen molar-refractivity contribution in [3.8, 4) is 28.6 Å². The summed E-state index contributed by atoms with van der Waals surface area (Å²) >= 11 is 0. The highest BCUT2D eigenvalue weighted by atomic mass is 16.5. The number of aromatic nitrogens is 3. The number of methoxy groups -OCH3 is 1. The molecule has 0 aliphatic heterocycles. The van der Waals surface area contributed by atoms with Gasteiger partial charge in [-0.2, -0.15) is 4.68 Å². The van der Waals surface area contributed by atoms with Gasteiger partial charge in [0.05, 0.1) is 13.7 Å². The molecule has 0 bridgehead atoms. The minimum atomic E-state index is 0.614. The molecule has 0 atom stereocenters. The molecule has 1 heterocycles. The van der Waals surface area contributed by atoms with E-state index < -0.39 is 0 Å². The summed E-state index contributed by atoms with van der Waals surface area (Å²) in [4.78, 5) is 0. The highest BCUT2D eigenvalue weighted by molar-refractivity contribution is 5.66. The number of rotatable bonds is 11. The van der Waals surface area contributed by atoms with Gasteiger partial charge in [0, 0.05) is 5.56 Å². The van der Waals surface area contributed by atoms with Crippen molar-refractivity contribution in [3.63, 3.8) is 0 Å². The lowest BCUT2D eigenvalue weighted by molar-refractivity contribution is 0.299. The van der Waals surface area contributed by atoms with Crippen molar-refractivity contribution >= 4 is 0 Å². The van der Waals surface area contributed by atoms with Crippen molar-refractivity contribution in [3.05, 3.63) is 53.6 Å². The maximum Gasteiger partial charge on any atom is 0.245 e. The monoisotopic (exact) mass is 407 g/mol. The molecule has 5 heteroatoms. The Morgan fingerprint density at radius 1 is 0.900 bits per heavy atom. The van der Waals surface area contributed by atoms with Gasteiger partial charge in [0.25, 0.3) is 0 Å². The van der Waals surface area contributed by atoms with E-state index in [1.54, 1.807) is 11.8 Å². The van der Waals surface area contributed by atoms with E-state index in [1.807, 2.05) is 30.3 Å². The number of unbranched alkanes of at least 4 members (excludes halogenated alkanes) is 3. The van der Waals surface area contributed by atoms with E-state index in [4.69, 9.17) is 9.47 Å². The second-order valence-electron chi connectivity index (χ2n) is 7.39. The fraction of sp³-hybridized carbons (Fsp3) is 0.440. The lowest BCUT2D eigenvalue weighted by Crippen LogP contribution is -2.09. The van der Waals surface area contributed by atoms with Gasteiger partial charge in [0.2, 0.25) is 5.88 Å². The Bertz CT molecular complexity index is 935. The summed E-state index contributed by atoms with van der Waals surface area (Å²) in [6.45, 7) is 7.29. The molecule has 1 aromatic heterocycles. The van der Waals surface area contributed by atoms with Gasteiger partial charge in [-0.05, 0) is 36.5 Å². The molecular weight excluding hydrogens is 374 g/mol. The van der Waals surface area contributed by atoms with Gasteiger partial charge < -0.3 is 9.47 Å². The molecule has 3 aromatic rings. The van der Waals surface area contributed by atoms with Gasteiger partial charge in [-0.25, -0.2) is 0 Å². The molecule has 160 valence electrons. The van der Waals surface area contributed by atoms with Crippen LogP contribution in [-0.2, 0) is 12.8 Å². The number of nitrogens with zero attached hydrogens (tertiary/aromatic N) is 3. The van der Waals surface area contributed by atoms with Crippen LogP contribution in [0.3, 0.4) is 0 Å². The van der Waals surface area contributed by atoms with Crippen molar-refractivity contribution in [2.45, 2.75) is 59.3 Å². The number of aryl methyl sites for hydroxylation is 1. The minimum Gasteiger partial charge on any atom is -0.491 e. The lowest BCUT2D eigenvalue weighted by Gasteiger charge is -2.19. The molecule has 5 nitrogen and oxygen atoms in total. The van der Waals surface area contributed by atoms with Crippen LogP contribution in [0, 0.1) is 0 Å². The molecular formula is C25H33N3O2. The molecule has 0 radical (unpaired) electrons. The van der Waals surface area contributed by atoms with Crippen molar-refractivity contribution in [1.82, 2.24) is 15.0 Å². The Balaban J connectivity index is 2.03. The zero-order valence-electron chi connectivity index (χ0n) is 18.6.